The Morgan fingerprint density at radius 3 is 2.70 bits per heavy atom. The minimum Gasteiger partial charge on any atom is -0.495 e. The number of fused-ring (bicyclic) bond motifs is 1. The van der Waals surface area contributed by atoms with E-state index in [0.717, 1.165) is 41.9 Å². The number of nitrogens with one attached hydrogen (secondary N) is 1. The lowest BCUT2D eigenvalue weighted by molar-refractivity contribution is -0.122. The summed E-state index contributed by atoms with van der Waals surface area (Å²) >= 11 is 0. The molecule has 2 aromatic carbocycles. The highest BCUT2D eigenvalue weighted by Gasteiger charge is 2.23. The van der Waals surface area contributed by atoms with Gasteiger partial charge in [0.05, 0.1) is 23.9 Å². The molecule has 1 saturated heterocycles. The Hall–Kier alpha value is -3.35. The van der Waals surface area contributed by atoms with Gasteiger partial charge in [-0.05, 0) is 38.0 Å². The number of nitrogens with zero attached hydrogens (tertiary/aromatic N) is 3. The molecule has 1 aliphatic heterocycles. The Labute approximate surface area is 175 Å². The first-order valence-electron chi connectivity index (χ1n) is 10.2. The third-order valence-electron chi connectivity index (χ3n) is 5.56. The van der Waals surface area contributed by atoms with E-state index in [1.54, 1.807) is 13.2 Å². The third-order valence-corrected chi connectivity index (χ3v) is 5.56. The monoisotopic (exact) mass is 406 g/mol. The molecule has 0 bridgehead atoms. The minimum atomic E-state index is -0.245. The molecular formula is C23H26N4O3. The van der Waals surface area contributed by atoms with Crippen LogP contribution in [0.2, 0.25) is 0 Å². The normalized spacial score (nSPS) is 16.5. The van der Waals surface area contributed by atoms with E-state index in [1.807, 2.05) is 49.4 Å². The van der Waals surface area contributed by atoms with Crippen LogP contribution in [0.4, 0.5) is 5.69 Å². The van der Waals surface area contributed by atoms with Crippen molar-refractivity contribution in [3.63, 3.8) is 0 Å². The number of piperidine rings is 1. The number of anilines is 1. The maximum Gasteiger partial charge on any atom is 0.275 e. The van der Waals surface area contributed by atoms with Gasteiger partial charge < -0.3 is 15.0 Å². The number of aryl methyl sites for hydroxylation is 1. The van der Waals surface area contributed by atoms with Crippen molar-refractivity contribution < 1.29 is 9.53 Å². The van der Waals surface area contributed by atoms with E-state index in [2.05, 4.69) is 15.3 Å². The summed E-state index contributed by atoms with van der Waals surface area (Å²) in [6.07, 6.45) is 1.87. The third kappa shape index (κ3) is 4.01. The molecule has 0 saturated carbocycles. The molecular weight excluding hydrogens is 380 g/mol. The molecule has 7 nitrogen and oxygen atoms in total. The molecule has 0 spiro atoms. The quantitative estimate of drug-likeness (QED) is 0.705. The first-order chi connectivity index (χ1) is 14.6. The lowest BCUT2D eigenvalue weighted by Gasteiger charge is -2.35. The van der Waals surface area contributed by atoms with E-state index in [-0.39, 0.29) is 24.1 Å². The number of rotatable bonds is 5. The molecule has 1 atom stereocenters. The van der Waals surface area contributed by atoms with E-state index in [1.165, 1.54) is 4.68 Å². The summed E-state index contributed by atoms with van der Waals surface area (Å²) in [6, 6.07) is 15.3. The predicted octanol–water partition coefficient (Wildman–Crippen LogP) is 2.50. The Bertz CT molecular complexity index is 1120. The highest BCUT2D eigenvalue weighted by Crippen LogP contribution is 2.29. The molecule has 1 N–H and O–H groups in total. The van der Waals surface area contributed by atoms with Gasteiger partial charge in [-0.2, -0.15) is 5.10 Å². The second-order valence-corrected chi connectivity index (χ2v) is 7.62. The highest BCUT2D eigenvalue weighted by molar-refractivity contribution is 5.83. The van der Waals surface area contributed by atoms with Crippen LogP contribution < -0.4 is 20.5 Å². The zero-order chi connectivity index (χ0) is 21.1. The molecule has 30 heavy (non-hydrogen) atoms. The summed E-state index contributed by atoms with van der Waals surface area (Å²) in [5.41, 5.74) is 1.52. The van der Waals surface area contributed by atoms with Gasteiger partial charge in [-0.25, -0.2) is 4.68 Å². The summed E-state index contributed by atoms with van der Waals surface area (Å²) in [7, 11) is 1.67. The molecule has 156 valence electrons. The summed E-state index contributed by atoms with van der Waals surface area (Å²) in [6.45, 7) is 3.38. The van der Waals surface area contributed by atoms with Crippen LogP contribution in [0.15, 0.2) is 53.3 Å². The molecule has 1 aliphatic rings. The van der Waals surface area contributed by atoms with Gasteiger partial charge in [0, 0.05) is 24.5 Å². The Kier molecular flexibility index (Phi) is 5.70. The zero-order valence-electron chi connectivity index (χ0n) is 17.3. The van der Waals surface area contributed by atoms with Gasteiger partial charge >= 0.3 is 0 Å². The summed E-state index contributed by atoms with van der Waals surface area (Å²) in [5.74, 6) is 0.623. The van der Waals surface area contributed by atoms with Crippen molar-refractivity contribution in [3.8, 4) is 5.75 Å². The fourth-order valence-corrected chi connectivity index (χ4v) is 4.13. The first kappa shape index (κ1) is 19.9. The second-order valence-electron chi connectivity index (χ2n) is 7.62. The molecule has 2 heterocycles. The van der Waals surface area contributed by atoms with Crippen LogP contribution >= 0.6 is 0 Å². The Morgan fingerprint density at radius 1 is 1.17 bits per heavy atom. The highest BCUT2D eigenvalue weighted by atomic mass is 16.5. The number of para-hydroxylation sites is 2. The van der Waals surface area contributed by atoms with Crippen molar-refractivity contribution in [2.45, 2.75) is 32.4 Å². The van der Waals surface area contributed by atoms with E-state index in [9.17, 15) is 9.59 Å². The lowest BCUT2D eigenvalue weighted by Crippen LogP contribution is -2.49. The molecule has 0 radical (unpaired) electrons. The van der Waals surface area contributed by atoms with Gasteiger partial charge in [-0.3, -0.25) is 9.59 Å². The number of amides is 1. The number of aromatic nitrogens is 2. The predicted molar refractivity (Wildman–Crippen MR) is 117 cm³/mol. The van der Waals surface area contributed by atoms with Gasteiger partial charge in [0.2, 0.25) is 5.91 Å². The largest absolute Gasteiger partial charge is 0.495 e. The van der Waals surface area contributed by atoms with Crippen LogP contribution in [0.5, 0.6) is 5.75 Å². The Morgan fingerprint density at radius 2 is 1.90 bits per heavy atom. The molecule has 7 heteroatoms. The minimum absolute atomic E-state index is 0.00779. The molecule has 3 aromatic rings. The van der Waals surface area contributed by atoms with Crippen LogP contribution in [0, 0.1) is 6.92 Å². The number of methoxy groups -OCH3 is 1. The molecule has 1 fully saturated rings. The van der Waals surface area contributed by atoms with Crippen LogP contribution in [-0.4, -0.2) is 41.9 Å². The summed E-state index contributed by atoms with van der Waals surface area (Å²) in [4.78, 5) is 27.6. The summed E-state index contributed by atoms with van der Waals surface area (Å²) in [5, 5.41) is 8.81. The molecule has 1 aromatic heterocycles. The van der Waals surface area contributed by atoms with E-state index in [0.29, 0.717) is 11.9 Å². The van der Waals surface area contributed by atoms with Crippen molar-refractivity contribution in [2.24, 2.45) is 0 Å². The number of hydrogen-bond acceptors (Lipinski definition) is 5. The molecule has 0 aliphatic carbocycles. The SMILES string of the molecule is COc1ccccc1N1CCCC(NC(=O)Cn2nc(C)c3ccccc3c2=O)C1. The smallest absolute Gasteiger partial charge is 0.275 e. The average Bonchev–Trinajstić information content (AvgIpc) is 2.77. The number of ether oxygens (including phenoxy) is 1. The maximum absolute atomic E-state index is 12.7. The number of hydrogen-bond donors (Lipinski definition) is 1. The number of carbonyl (C=O) groups excluding carboxylic acids is 1. The zero-order valence-corrected chi connectivity index (χ0v) is 17.3. The summed E-state index contributed by atoms with van der Waals surface area (Å²) < 4.78 is 6.74. The van der Waals surface area contributed by atoms with Crippen LogP contribution in [0.3, 0.4) is 0 Å². The first-order valence-corrected chi connectivity index (χ1v) is 10.2. The van der Waals surface area contributed by atoms with E-state index >= 15 is 0 Å². The molecule has 1 amide bonds. The average molecular weight is 406 g/mol. The fourth-order valence-electron chi connectivity index (χ4n) is 4.13. The van der Waals surface area contributed by atoms with Crippen molar-refractivity contribution in [1.29, 1.82) is 0 Å². The fraction of sp³-hybridized carbons (Fsp3) is 0.348. The molecule has 1 unspecified atom stereocenters. The lowest BCUT2D eigenvalue weighted by atomic mass is 10.0. The van der Waals surface area contributed by atoms with Crippen LogP contribution in [-0.2, 0) is 11.3 Å². The molecule has 4 rings (SSSR count). The topological polar surface area (TPSA) is 76.5 Å². The van der Waals surface area contributed by atoms with Gasteiger partial charge in [0.15, 0.2) is 0 Å². The van der Waals surface area contributed by atoms with Crippen LogP contribution in [0.1, 0.15) is 18.5 Å². The van der Waals surface area contributed by atoms with E-state index < -0.39 is 0 Å². The van der Waals surface area contributed by atoms with Gasteiger partial charge in [-0.15, -0.1) is 0 Å². The van der Waals surface area contributed by atoms with Crippen molar-refractivity contribution in [3.05, 3.63) is 64.6 Å². The van der Waals surface area contributed by atoms with Crippen molar-refractivity contribution in [1.82, 2.24) is 15.1 Å². The van der Waals surface area contributed by atoms with Crippen molar-refractivity contribution in [2.75, 3.05) is 25.1 Å². The maximum atomic E-state index is 12.7. The standard InChI is InChI=1S/C23H26N4O3/c1-16-18-9-3-4-10-19(18)23(29)27(25-16)15-22(28)24-17-8-7-13-26(14-17)20-11-5-6-12-21(20)30-2/h3-6,9-12,17H,7-8,13-15H2,1-2H3,(H,24,28). The number of benzene rings is 2. The van der Waals surface area contributed by atoms with Crippen LogP contribution in [0.25, 0.3) is 10.8 Å². The second kappa shape index (κ2) is 8.57. The van der Waals surface area contributed by atoms with Gasteiger partial charge in [0.25, 0.3) is 5.56 Å². The van der Waals surface area contributed by atoms with Crippen molar-refractivity contribution >= 4 is 22.4 Å². The van der Waals surface area contributed by atoms with E-state index in [4.69, 9.17) is 4.74 Å². The Balaban J connectivity index is 1.46. The number of carbonyl (C=O) groups is 1. The van der Waals surface area contributed by atoms with Gasteiger partial charge in [0.1, 0.15) is 12.3 Å². The van der Waals surface area contributed by atoms with Gasteiger partial charge in [-0.1, -0.05) is 30.3 Å².